The first-order chi connectivity index (χ1) is 9.57. The van der Waals surface area contributed by atoms with E-state index in [-0.39, 0.29) is 12.2 Å². The molecule has 1 aromatic carbocycles. The van der Waals surface area contributed by atoms with Crippen LogP contribution in [0.15, 0.2) is 18.2 Å². The average Bonchev–Trinajstić information content (AvgIpc) is 2.68. The fraction of sp³-hybridized carbons (Fsp3) is 0.625. The highest BCUT2D eigenvalue weighted by Crippen LogP contribution is 2.34. The number of hydrogen-bond donors (Lipinski definition) is 1. The Morgan fingerprint density at radius 3 is 2.50 bits per heavy atom. The molecule has 0 amide bonds. The molecule has 0 aromatic heterocycles. The molecule has 2 rings (SSSR count). The number of ether oxygens (including phenoxy) is 1. The van der Waals surface area contributed by atoms with Crippen LogP contribution in [0.3, 0.4) is 0 Å². The molecule has 1 atom stereocenters. The van der Waals surface area contributed by atoms with E-state index in [9.17, 15) is 9.50 Å². The molecule has 1 aliphatic rings. The maximum absolute atomic E-state index is 13.9. The zero-order chi connectivity index (χ0) is 14.6. The van der Waals surface area contributed by atoms with E-state index in [1.54, 1.807) is 19.2 Å². The van der Waals surface area contributed by atoms with Gasteiger partial charge in [-0.15, -0.1) is 0 Å². The summed E-state index contributed by atoms with van der Waals surface area (Å²) < 4.78 is 19.5. The second kappa shape index (κ2) is 6.88. The van der Waals surface area contributed by atoms with Crippen LogP contribution < -0.4 is 0 Å². The number of benzene rings is 1. The zero-order valence-electron chi connectivity index (χ0n) is 11.9. The van der Waals surface area contributed by atoms with Gasteiger partial charge in [-0.2, -0.15) is 0 Å². The van der Waals surface area contributed by atoms with Crippen LogP contribution in [0.25, 0.3) is 0 Å². The first-order valence-corrected chi connectivity index (χ1v) is 7.62. The lowest BCUT2D eigenvalue weighted by molar-refractivity contribution is -0.111. The molecule has 20 heavy (non-hydrogen) atoms. The van der Waals surface area contributed by atoms with E-state index in [2.05, 4.69) is 0 Å². The molecular weight excluding hydrogens is 279 g/mol. The second-order valence-electron chi connectivity index (χ2n) is 5.64. The lowest BCUT2D eigenvalue weighted by Gasteiger charge is -2.36. The molecule has 1 N–H and O–H groups in total. The molecule has 0 saturated heterocycles. The third-order valence-corrected chi connectivity index (χ3v) is 4.63. The molecule has 0 radical (unpaired) electrons. The van der Waals surface area contributed by atoms with E-state index in [4.69, 9.17) is 16.3 Å². The average molecular weight is 301 g/mol. The van der Waals surface area contributed by atoms with Crippen molar-refractivity contribution in [3.63, 3.8) is 0 Å². The molecule has 1 aromatic rings. The summed E-state index contributed by atoms with van der Waals surface area (Å²) in [5, 5.41) is 10.9. The van der Waals surface area contributed by atoms with E-state index in [0.29, 0.717) is 10.6 Å². The standard InChI is InChI=1S/C16H22ClFO2/c1-20-16(8-4-2-3-5-9-16)15(19)10-12-6-7-13(17)11-14(12)18/h6-7,11,15,19H,2-5,8-10H2,1H3. The van der Waals surface area contributed by atoms with Crippen molar-refractivity contribution in [2.24, 2.45) is 0 Å². The van der Waals surface area contributed by atoms with Gasteiger partial charge in [0.1, 0.15) is 5.82 Å². The highest BCUT2D eigenvalue weighted by Gasteiger charge is 2.38. The summed E-state index contributed by atoms with van der Waals surface area (Å²) >= 11 is 5.75. The molecular formula is C16H22ClFO2. The molecule has 1 aliphatic carbocycles. The second-order valence-corrected chi connectivity index (χ2v) is 6.08. The predicted molar refractivity (Wildman–Crippen MR) is 78.6 cm³/mol. The Morgan fingerprint density at radius 2 is 1.95 bits per heavy atom. The van der Waals surface area contributed by atoms with Crippen LogP contribution in [-0.2, 0) is 11.2 Å². The molecule has 1 unspecified atom stereocenters. The van der Waals surface area contributed by atoms with Crippen molar-refractivity contribution in [1.82, 2.24) is 0 Å². The SMILES string of the molecule is COC1(C(O)Cc2ccc(Cl)cc2F)CCCCCC1. The summed E-state index contributed by atoms with van der Waals surface area (Å²) in [5.74, 6) is -0.364. The van der Waals surface area contributed by atoms with Crippen molar-refractivity contribution in [3.05, 3.63) is 34.6 Å². The number of halogens is 2. The molecule has 4 heteroatoms. The minimum absolute atomic E-state index is 0.261. The molecule has 1 saturated carbocycles. The Balaban J connectivity index is 2.13. The zero-order valence-corrected chi connectivity index (χ0v) is 12.6. The fourth-order valence-electron chi connectivity index (χ4n) is 3.08. The van der Waals surface area contributed by atoms with Gasteiger partial charge in [0.25, 0.3) is 0 Å². The summed E-state index contributed by atoms with van der Waals surface area (Å²) in [6.45, 7) is 0. The monoisotopic (exact) mass is 300 g/mol. The number of aliphatic hydroxyl groups is 1. The Hall–Kier alpha value is -0.640. The number of methoxy groups -OCH3 is 1. The largest absolute Gasteiger partial charge is 0.390 e. The summed E-state index contributed by atoms with van der Waals surface area (Å²) in [5.41, 5.74) is -0.0506. The first-order valence-electron chi connectivity index (χ1n) is 7.24. The number of hydrogen-bond acceptors (Lipinski definition) is 2. The highest BCUT2D eigenvalue weighted by atomic mass is 35.5. The third-order valence-electron chi connectivity index (χ3n) is 4.39. The van der Waals surface area contributed by atoms with E-state index < -0.39 is 11.7 Å². The minimum atomic E-state index is -0.693. The van der Waals surface area contributed by atoms with Gasteiger partial charge in [-0.1, -0.05) is 43.4 Å². The lowest BCUT2D eigenvalue weighted by atomic mass is 9.84. The van der Waals surface area contributed by atoms with E-state index in [1.807, 2.05) is 0 Å². The van der Waals surface area contributed by atoms with Gasteiger partial charge < -0.3 is 9.84 Å². The van der Waals surface area contributed by atoms with Crippen LogP contribution in [-0.4, -0.2) is 23.9 Å². The molecule has 0 aliphatic heterocycles. The Morgan fingerprint density at radius 1 is 1.30 bits per heavy atom. The van der Waals surface area contributed by atoms with Crippen molar-refractivity contribution < 1.29 is 14.2 Å². The maximum atomic E-state index is 13.9. The van der Waals surface area contributed by atoms with Crippen LogP contribution in [0.2, 0.25) is 5.02 Å². The topological polar surface area (TPSA) is 29.5 Å². The molecule has 0 heterocycles. The molecule has 0 bridgehead atoms. The molecule has 0 spiro atoms. The lowest BCUT2D eigenvalue weighted by Crippen LogP contribution is -2.45. The van der Waals surface area contributed by atoms with E-state index >= 15 is 0 Å². The quantitative estimate of drug-likeness (QED) is 0.848. The van der Waals surface area contributed by atoms with Crippen LogP contribution >= 0.6 is 11.6 Å². The van der Waals surface area contributed by atoms with Crippen molar-refractivity contribution in [1.29, 1.82) is 0 Å². The minimum Gasteiger partial charge on any atom is -0.390 e. The predicted octanol–water partition coefficient (Wildman–Crippen LogP) is 4.12. The van der Waals surface area contributed by atoms with E-state index in [1.165, 1.54) is 18.9 Å². The van der Waals surface area contributed by atoms with E-state index in [0.717, 1.165) is 25.7 Å². The van der Waals surface area contributed by atoms with Crippen molar-refractivity contribution in [3.8, 4) is 0 Å². The summed E-state index contributed by atoms with van der Waals surface area (Å²) in [6, 6.07) is 4.58. The van der Waals surface area contributed by atoms with Gasteiger partial charge in [0.15, 0.2) is 0 Å². The Labute approximate surface area is 124 Å². The van der Waals surface area contributed by atoms with Crippen molar-refractivity contribution >= 4 is 11.6 Å². The molecule has 112 valence electrons. The van der Waals surface area contributed by atoms with Gasteiger partial charge in [-0.05, 0) is 30.5 Å². The third kappa shape index (κ3) is 3.51. The van der Waals surface area contributed by atoms with Gasteiger partial charge in [0.05, 0.1) is 11.7 Å². The van der Waals surface area contributed by atoms with Crippen molar-refractivity contribution in [2.45, 2.75) is 56.7 Å². The van der Waals surface area contributed by atoms with Gasteiger partial charge in [-0.3, -0.25) is 0 Å². The first kappa shape index (κ1) is 15.7. The summed E-state index contributed by atoms with van der Waals surface area (Å²) in [4.78, 5) is 0. The smallest absolute Gasteiger partial charge is 0.127 e. The molecule has 2 nitrogen and oxygen atoms in total. The number of rotatable bonds is 4. The summed E-state index contributed by atoms with van der Waals surface area (Å²) in [6.07, 6.45) is 5.68. The molecule has 1 fully saturated rings. The van der Waals surface area contributed by atoms with Crippen LogP contribution in [0, 0.1) is 5.82 Å². The van der Waals surface area contributed by atoms with Crippen LogP contribution in [0.5, 0.6) is 0 Å². The van der Waals surface area contributed by atoms with Crippen LogP contribution in [0.4, 0.5) is 4.39 Å². The van der Waals surface area contributed by atoms with Gasteiger partial charge >= 0.3 is 0 Å². The van der Waals surface area contributed by atoms with Crippen molar-refractivity contribution in [2.75, 3.05) is 7.11 Å². The Bertz CT molecular complexity index is 442. The normalized spacial score (nSPS) is 20.4. The van der Waals surface area contributed by atoms with Gasteiger partial charge in [0, 0.05) is 18.6 Å². The van der Waals surface area contributed by atoms with Gasteiger partial charge in [0.2, 0.25) is 0 Å². The number of aliphatic hydroxyl groups excluding tert-OH is 1. The Kier molecular flexibility index (Phi) is 5.42. The summed E-state index contributed by atoms with van der Waals surface area (Å²) in [7, 11) is 1.65. The van der Waals surface area contributed by atoms with Gasteiger partial charge in [-0.25, -0.2) is 4.39 Å². The maximum Gasteiger partial charge on any atom is 0.127 e. The fourth-order valence-corrected chi connectivity index (χ4v) is 3.24. The highest BCUT2D eigenvalue weighted by molar-refractivity contribution is 6.30. The van der Waals surface area contributed by atoms with Crippen LogP contribution in [0.1, 0.15) is 44.1 Å².